The summed E-state index contributed by atoms with van der Waals surface area (Å²) in [5, 5.41) is 0. The molecule has 0 bridgehead atoms. The monoisotopic (exact) mass is 950 g/mol. The molecule has 0 amide bonds. The summed E-state index contributed by atoms with van der Waals surface area (Å²) in [4.78, 5) is 70.5. The van der Waals surface area contributed by atoms with Crippen molar-refractivity contribution in [2.75, 3.05) is 0 Å². The first-order valence-electron chi connectivity index (χ1n) is 22.5. The zero-order valence-corrected chi connectivity index (χ0v) is 37.8. The molecule has 0 atom stereocenters. The van der Waals surface area contributed by atoms with Crippen molar-refractivity contribution in [3.8, 4) is 58.4 Å². The highest BCUT2D eigenvalue weighted by molar-refractivity contribution is 6.23. The summed E-state index contributed by atoms with van der Waals surface area (Å²) in [6.45, 7) is 0. The molecule has 73 heavy (non-hydrogen) atoms. The third kappa shape index (κ3) is 8.07. The van der Waals surface area contributed by atoms with Crippen LogP contribution in [0, 0.1) is 24.7 Å². The van der Waals surface area contributed by atoms with Gasteiger partial charge in [0.15, 0.2) is 0 Å². The quantitative estimate of drug-likeness (QED) is 0.0819. The second-order valence-electron chi connectivity index (χ2n) is 16.7. The average molecular weight is 951 g/mol. The maximum absolute atomic E-state index is 13.0. The third-order valence-corrected chi connectivity index (χ3v) is 12.2. The highest BCUT2D eigenvalue weighted by Gasteiger charge is 2.35. The predicted octanol–water partition coefficient (Wildman–Crippen LogP) is 11.8. The molecule has 0 aliphatic carbocycles. The fraction of sp³-hybridized carbons (Fsp3) is 0. The lowest BCUT2D eigenvalue weighted by atomic mass is 9.94. The van der Waals surface area contributed by atoms with Gasteiger partial charge < -0.3 is 23.7 Å². The van der Waals surface area contributed by atoms with Crippen LogP contribution in [0.15, 0.2) is 190 Å². The maximum Gasteiger partial charge on any atom is 0.345 e. The lowest BCUT2D eigenvalue weighted by Crippen LogP contribution is -2.02. The summed E-state index contributed by atoms with van der Waals surface area (Å²) in [6.07, 6.45) is 11.2. The minimum Gasteiger partial charge on any atom is -0.457 e. The topological polar surface area (TPSA) is 164 Å². The third-order valence-electron chi connectivity index (χ3n) is 12.2. The van der Waals surface area contributed by atoms with Crippen molar-refractivity contribution in [3.05, 3.63) is 225 Å². The van der Waals surface area contributed by atoms with Crippen molar-refractivity contribution >= 4 is 70.2 Å². The van der Waals surface area contributed by atoms with E-state index in [1.165, 1.54) is 0 Å². The molecule has 4 heterocycles. The van der Waals surface area contributed by atoms with Crippen molar-refractivity contribution < 1.29 is 42.9 Å². The smallest absolute Gasteiger partial charge is 0.345 e. The molecule has 0 aromatic heterocycles. The number of fused-ring (bicyclic) bond motifs is 4. The average Bonchev–Trinajstić information content (AvgIpc) is 4.12. The van der Waals surface area contributed by atoms with Gasteiger partial charge in [-0.25, -0.2) is 39.1 Å². The minimum atomic E-state index is -0.546. The Kier molecular flexibility index (Phi) is 10.5. The fourth-order valence-corrected chi connectivity index (χ4v) is 8.74. The van der Waals surface area contributed by atoms with Gasteiger partial charge >= 0.3 is 23.9 Å². The van der Waals surface area contributed by atoms with Crippen LogP contribution in [-0.4, -0.2) is 47.5 Å². The lowest BCUT2D eigenvalue weighted by Gasteiger charge is -2.09. The molecule has 13 heteroatoms. The second kappa shape index (κ2) is 17.6. The zero-order chi connectivity index (χ0) is 49.7. The largest absolute Gasteiger partial charge is 0.457 e. The van der Waals surface area contributed by atoms with E-state index in [9.17, 15) is 19.2 Å². The number of ether oxygens (including phenoxy) is 5. The number of esters is 4. The van der Waals surface area contributed by atoms with Crippen LogP contribution in [0.3, 0.4) is 0 Å². The van der Waals surface area contributed by atoms with Gasteiger partial charge in [0, 0.05) is 11.1 Å². The van der Waals surface area contributed by atoms with Gasteiger partial charge in [-0.1, -0.05) is 60.4 Å². The van der Waals surface area contributed by atoms with Crippen molar-refractivity contribution in [1.29, 1.82) is 0 Å². The first-order chi connectivity index (χ1) is 35.7. The number of rotatable bonds is 8. The van der Waals surface area contributed by atoms with Crippen LogP contribution in [-0.2, 0) is 18.9 Å². The van der Waals surface area contributed by atoms with Crippen LogP contribution < -0.4 is 4.74 Å². The van der Waals surface area contributed by atoms with Crippen LogP contribution in [0.25, 0.3) is 22.3 Å². The van der Waals surface area contributed by atoms with Crippen molar-refractivity contribution in [3.63, 3.8) is 0 Å². The molecule has 13 nitrogen and oxygen atoms in total. The van der Waals surface area contributed by atoms with Gasteiger partial charge in [0.05, 0.1) is 67.3 Å². The van der Waals surface area contributed by atoms with E-state index in [4.69, 9.17) is 36.5 Å². The minimum absolute atomic E-state index is 0.108. The van der Waals surface area contributed by atoms with E-state index in [0.29, 0.717) is 112 Å². The van der Waals surface area contributed by atoms with E-state index in [1.807, 2.05) is 12.1 Å². The summed E-state index contributed by atoms with van der Waals surface area (Å²) >= 11 is 0. The number of hydrogen-bond acceptors (Lipinski definition) is 13. The van der Waals surface area contributed by atoms with Gasteiger partial charge in [0.25, 0.3) is 0 Å². The molecule has 0 saturated carbocycles. The second-order valence-corrected chi connectivity index (χ2v) is 16.7. The molecule has 0 unspecified atom stereocenters. The molecule has 0 fully saturated rings. The van der Waals surface area contributed by atoms with E-state index < -0.39 is 23.9 Å². The molecular formula is C60H30N4O9. The SMILES string of the molecule is C#Cc1cccc(N=C2OC(=O)c3cccc(-c4ccc5c(c4)C(=Nc4ccc(Oc6ccc(N=C7OC(=O)c8ccc(-c9cccc%10c9C(=Nc9cccc(C#C)c9)OC%10=O)cc87)cc6)cc4)OC5=O)c32)c1. The van der Waals surface area contributed by atoms with Crippen LogP contribution in [0.1, 0.15) is 74.8 Å². The molecule has 8 aromatic rings. The number of cyclic esters (lactones) is 4. The summed E-state index contributed by atoms with van der Waals surface area (Å²) in [5.74, 6) is 4.51. The molecule has 0 radical (unpaired) electrons. The molecule has 0 spiro atoms. The van der Waals surface area contributed by atoms with Crippen LogP contribution in [0.5, 0.6) is 11.5 Å². The Bertz CT molecular complexity index is 3730. The summed E-state index contributed by atoms with van der Waals surface area (Å²) < 4.78 is 28.7. The Hall–Kier alpha value is -10.8. The van der Waals surface area contributed by atoms with Gasteiger partial charge in [-0.15, -0.1) is 12.8 Å². The molecule has 4 aliphatic heterocycles. The molecule has 8 aromatic carbocycles. The van der Waals surface area contributed by atoms with E-state index in [2.05, 4.69) is 31.8 Å². The molecule has 344 valence electrons. The number of carbonyl (C=O) groups is 4. The molecule has 12 rings (SSSR count). The van der Waals surface area contributed by atoms with Crippen molar-refractivity contribution in [1.82, 2.24) is 0 Å². The molecule has 4 aliphatic rings. The first kappa shape index (κ1) is 43.5. The maximum atomic E-state index is 13.0. The van der Waals surface area contributed by atoms with Crippen LogP contribution >= 0.6 is 0 Å². The number of terminal acetylenes is 2. The zero-order valence-electron chi connectivity index (χ0n) is 37.8. The number of hydrogen-bond donors (Lipinski definition) is 0. The predicted molar refractivity (Wildman–Crippen MR) is 272 cm³/mol. The summed E-state index contributed by atoms with van der Waals surface area (Å²) in [5.41, 5.74) is 9.34. The number of aliphatic imine (C=N–C) groups is 4. The molecular weight excluding hydrogens is 921 g/mol. The van der Waals surface area contributed by atoms with E-state index in [-0.39, 0.29) is 23.6 Å². The Labute approximate surface area is 415 Å². The Morgan fingerprint density at radius 2 is 0.712 bits per heavy atom. The van der Waals surface area contributed by atoms with Crippen LogP contribution in [0.2, 0.25) is 0 Å². The summed E-state index contributed by atoms with van der Waals surface area (Å²) in [6, 6.07) is 48.9. The van der Waals surface area contributed by atoms with Gasteiger partial charge in [-0.2, -0.15) is 0 Å². The highest BCUT2D eigenvalue weighted by Crippen LogP contribution is 2.38. The number of nitrogens with zero attached hydrogens (tertiary/aromatic N) is 4. The Morgan fingerprint density at radius 3 is 1.14 bits per heavy atom. The fourth-order valence-electron chi connectivity index (χ4n) is 8.74. The van der Waals surface area contributed by atoms with E-state index in [1.54, 1.807) is 158 Å². The Balaban J connectivity index is 0.765. The van der Waals surface area contributed by atoms with Gasteiger partial charge in [-0.3, -0.25) is 0 Å². The number of carbonyl (C=O) groups excluding carboxylic acids is 4. The van der Waals surface area contributed by atoms with E-state index in [0.717, 1.165) is 0 Å². The standard InChI is InChI=1S/C60H30N4O9/c1-3-33-9-5-11-39(29-33)63-55-51-43(13-7-15-47(51)59(67)72-55)35-17-27-45-49(31-35)53(70-57(45)65)61-37-19-23-41(24-20-37)69-42-25-21-38(22-26-42)62-54-50-32-36(18-28-46(50)58(66)71-54)44-14-8-16-48-52(44)56(73-60(48)68)64-40-12-6-10-34(4-2)30-40/h1-2,5-32H. The number of benzene rings is 8. The van der Waals surface area contributed by atoms with Crippen molar-refractivity contribution in [2.24, 2.45) is 20.0 Å². The van der Waals surface area contributed by atoms with Crippen LogP contribution in [0.4, 0.5) is 22.7 Å². The van der Waals surface area contributed by atoms with Gasteiger partial charge in [0.2, 0.25) is 23.6 Å². The first-order valence-corrected chi connectivity index (χ1v) is 22.5. The molecule has 0 saturated heterocycles. The van der Waals surface area contributed by atoms with Gasteiger partial charge in [-0.05, 0) is 144 Å². The lowest BCUT2D eigenvalue weighted by molar-refractivity contribution is 0.0727. The van der Waals surface area contributed by atoms with E-state index >= 15 is 0 Å². The summed E-state index contributed by atoms with van der Waals surface area (Å²) in [7, 11) is 0. The Morgan fingerprint density at radius 1 is 0.342 bits per heavy atom. The van der Waals surface area contributed by atoms with Crippen molar-refractivity contribution in [2.45, 2.75) is 0 Å². The molecule has 0 N–H and O–H groups in total. The highest BCUT2D eigenvalue weighted by atomic mass is 16.6. The normalized spacial score (nSPS) is 16.0. The van der Waals surface area contributed by atoms with Gasteiger partial charge in [0.1, 0.15) is 11.5 Å².